The molecule has 1 aliphatic rings. The fraction of sp³-hybridized carbons (Fsp3) is 0.706. The molecule has 1 aliphatic heterocycles. The van der Waals surface area contributed by atoms with E-state index in [9.17, 15) is 0 Å². The second kappa shape index (κ2) is 8.88. The predicted molar refractivity (Wildman–Crippen MR) is 88.0 cm³/mol. The predicted octanol–water partition coefficient (Wildman–Crippen LogP) is 3.40. The van der Waals surface area contributed by atoms with E-state index < -0.39 is 0 Å². The van der Waals surface area contributed by atoms with Crippen molar-refractivity contribution >= 4 is 5.82 Å². The minimum atomic E-state index is 0.615. The number of pyridine rings is 1. The molecular weight excluding hydrogens is 262 g/mol. The van der Waals surface area contributed by atoms with Gasteiger partial charge in [-0.25, -0.2) is 4.98 Å². The van der Waals surface area contributed by atoms with E-state index in [0.717, 1.165) is 31.1 Å². The summed E-state index contributed by atoms with van der Waals surface area (Å²) in [4.78, 5) is 6.99. The van der Waals surface area contributed by atoms with Crippen LogP contribution in [0.2, 0.25) is 0 Å². The van der Waals surface area contributed by atoms with Gasteiger partial charge < -0.3 is 15.0 Å². The molecule has 0 spiro atoms. The van der Waals surface area contributed by atoms with Crippen molar-refractivity contribution in [2.24, 2.45) is 5.92 Å². The maximum Gasteiger partial charge on any atom is 0.168 e. The maximum absolute atomic E-state index is 5.73. The average molecular weight is 291 g/mol. The molecule has 2 heterocycles. The summed E-state index contributed by atoms with van der Waals surface area (Å²) >= 11 is 0. The molecule has 0 aliphatic carbocycles. The highest BCUT2D eigenvalue weighted by molar-refractivity contribution is 5.49. The molecule has 0 radical (unpaired) electrons. The Labute approximate surface area is 128 Å². The summed E-state index contributed by atoms with van der Waals surface area (Å²) in [5, 5.41) is 3.45. The van der Waals surface area contributed by atoms with Crippen molar-refractivity contribution in [2.75, 3.05) is 38.1 Å². The van der Waals surface area contributed by atoms with E-state index in [1.807, 2.05) is 18.3 Å². The van der Waals surface area contributed by atoms with Gasteiger partial charge in [-0.2, -0.15) is 0 Å². The third-order valence-corrected chi connectivity index (χ3v) is 3.87. The Hall–Kier alpha value is -1.29. The van der Waals surface area contributed by atoms with Crippen LogP contribution in [-0.4, -0.2) is 42.7 Å². The van der Waals surface area contributed by atoms with Crippen LogP contribution in [0, 0.1) is 5.92 Å². The highest BCUT2D eigenvalue weighted by Crippen LogP contribution is 2.21. The molecule has 0 aromatic carbocycles. The fourth-order valence-electron chi connectivity index (χ4n) is 2.77. The molecule has 0 amide bonds. The number of hydrogen-bond acceptors (Lipinski definition) is 4. The maximum atomic E-state index is 5.73. The summed E-state index contributed by atoms with van der Waals surface area (Å²) in [7, 11) is 0. The minimum absolute atomic E-state index is 0.615. The highest BCUT2D eigenvalue weighted by Gasteiger charge is 2.14. The van der Waals surface area contributed by atoms with Gasteiger partial charge in [-0.1, -0.05) is 20.3 Å². The van der Waals surface area contributed by atoms with Crippen LogP contribution >= 0.6 is 0 Å². The van der Waals surface area contributed by atoms with Crippen molar-refractivity contribution in [2.45, 2.75) is 39.5 Å². The fourth-order valence-corrected chi connectivity index (χ4v) is 2.77. The van der Waals surface area contributed by atoms with Gasteiger partial charge in [0.05, 0.1) is 6.61 Å². The van der Waals surface area contributed by atoms with E-state index in [1.165, 1.54) is 38.9 Å². The summed E-state index contributed by atoms with van der Waals surface area (Å²) in [6.07, 6.45) is 6.94. The standard InChI is InChI=1S/C17H29N3O/c1-3-12-21-16-8-7-9-18-17(16)19-13-15(2)14-20-10-5-4-6-11-20/h7-9,15H,3-6,10-14H2,1-2H3,(H,18,19). The first-order valence-electron chi connectivity index (χ1n) is 8.33. The van der Waals surface area contributed by atoms with Crippen molar-refractivity contribution in [3.8, 4) is 5.75 Å². The lowest BCUT2D eigenvalue weighted by atomic mass is 10.1. The number of ether oxygens (including phenoxy) is 1. The van der Waals surface area contributed by atoms with Crippen LogP contribution in [0.3, 0.4) is 0 Å². The summed E-state index contributed by atoms with van der Waals surface area (Å²) in [6, 6.07) is 3.91. The van der Waals surface area contributed by atoms with Gasteiger partial charge in [-0.3, -0.25) is 0 Å². The van der Waals surface area contributed by atoms with E-state index in [-0.39, 0.29) is 0 Å². The van der Waals surface area contributed by atoms with Crippen molar-refractivity contribution in [1.29, 1.82) is 0 Å². The van der Waals surface area contributed by atoms with Crippen molar-refractivity contribution in [3.63, 3.8) is 0 Å². The van der Waals surface area contributed by atoms with E-state index >= 15 is 0 Å². The molecular formula is C17H29N3O. The lowest BCUT2D eigenvalue weighted by Crippen LogP contribution is -2.35. The quantitative estimate of drug-likeness (QED) is 0.796. The molecule has 4 nitrogen and oxygen atoms in total. The third-order valence-electron chi connectivity index (χ3n) is 3.87. The van der Waals surface area contributed by atoms with E-state index in [2.05, 4.69) is 29.0 Å². The molecule has 0 saturated carbocycles. The van der Waals surface area contributed by atoms with Crippen LogP contribution in [-0.2, 0) is 0 Å². The Morgan fingerprint density at radius 1 is 1.33 bits per heavy atom. The number of hydrogen-bond donors (Lipinski definition) is 1. The van der Waals surface area contributed by atoms with Crippen LogP contribution < -0.4 is 10.1 Å². The zero-order chi connectivity index (χ0) is 14.9. The molecule has 1 fully saturated rings. The van der Waals surface area contributed by atoms with Gasteiger partial charge in [-0.05, 0) is 50.4 Å². The van der Waals surface area contributed by atoms with Gasteiger partial charge in [0.15, 0.2) is 11.6 Å². The smallest absolute Gasteiger partial charge is 0.168 e. The lowest BCUT2D eigenvalue weighted by Gasteiger charge is -2.29. The van der Waals surface area contributed by atoms with Gasteiger partial charge in [-0.15, -0.1) is 0 Å². The normalized spacial score (nSPS) is 17.4. The molecule has 1 N–H and O–H groups in total. The molecule has 1 atom stereocenters. The molecule has 1 unspecified atom stereocenters. The Kier molecular flexibility index (Phi) is 6.80. The first-order chi connectivity index (χ1) is 10.3. The molecule has 21 heavy (non-hydrogen) atoms. The lowest BCUT2D eigenvalue weighted by molar-refractivity contribution is 0.204. The van der Waals surface area contributed by atoms with Crippen LogP contribution in [0.1, 0.15) is 39.5 Å². The van der Waals surface area contributed by atoms with Crippen LogP contribution in [0.15, 0.2) is 18.3 Å². The zero-order valence-electron chi connectivity index (χ0n) is 13.5. The van der Waals surface area contributed by atoms with E-state index in [4.69, 9.17) is 4.74 Å². The van der Waals surface area contributed by atoms with Gasteiger partial charge in [0.25, 0.3) is 0 Å². The number of aromatic nitrogens is 1. The second-order valence-corrected chi connectivity index (χ2v) is 6.05. The Bertz CT molecular complexity index is 405. The molecule has 4 heteroatoms. The van der Waals surface area contributed by atoms with E-state index in [1.54, 1.807) is 0 Å². The zero-order valence-corrected chi connectivity index (χ0v) is 13.5. The molecule has 1 aromatic rings. The number of nitrogens with zero attached hydrogens (tertiary/aromatic N) is 2. The number of likely N-dealkylation sites (tertiary alicyclic amines) is 1. The summed E-state index contributed by atoms with van der Waals surface area (Å²) in [6.45, 7) is 9.80. The molecule has 1 saturated heterocycles. The Balaban J connectivity index is 1.78. The van der Waals surface area contributed by atoms with Gasteiger partial charge >= 0.3 is 0 Å². The summed E-state index contributed by atoms with van der Waals surface area (Å²) < 4.78 is 5.73. The molecule has 0 bridgehead atoms. The second-order valence-electron chi connectivity index (χ2n) is 6.05. The first kappa shape index (κ1) is 16.1. The SMILES string of the molecule is CCCOc1cccnc1NCC(C)CN1CCCCC1. The van der Waals surface area contributed by atoms with Crippen LogP contribution in [0.5, 0.6) is 5.75 Å². The van der Waals surface area contributed by atoms with Crippen LogP contribution in [0.25, 0.3) is 0 Å². The number of nitrogens with one attached hydrogen (secondary N) is 1. The van der Waals surface area contributed by atoms with Crippen molar-refractivity contribution in [1.82, 2.24) is 9.88 Å². The van der Waals surface area contributed by atoms with Gasteiger partial charge in [0.1, 0.15) is 0 Å². The summed E-state index contributed by atoms with van der Waals surface area (Å²) in [5.74, 6) is 2.35. The number of rotatable bonds is 8. The number of anilines is 1. The van der Waals surface area contributed by atoms with Gasteiger partial charge in [0, 0.05) is 19.3 Å². The third kappa shape index (κ3) is 5.54. The number of piperidine rings is 1. The molecule has 1 aromatic heterocycles. The summed E-state index contributed by atoms with van der Waals surface area (Å²) in [5.41, 5.74) is 0. The first-order valence-corrected chi connectivity index (χ1v) is 8.33. The average Bonchev–Trinajstić information content (AvgIpc) is 2.52. The highest BCUT2D eigenvalue weighted by atomic mass is 16.5. The monoisotopic (exact) mass is 291 g/mol. The van der Waals surface area contributed by atoms with E-state index in [0.29, 0.717) is 5.92 Å². The molecule has 118 valence electrons. The topological polar surface area (TPSA) is 37.4 Å². The molecule has 2 rings (SSSR count). The largest absolute Gasteiger partial charge is 0.490 e. The minimum Gasteiger partial charge on any atom is -0.490 e. The van der Waals surface area contributed by atoms with Crippen molar-refractivity contribution < 1.29 is 4.74 Å². The van der Waals surface area contributed by atoms with Crippen molar-refractivity contribution in [3.05, 3.63) is 18.3 Å². The van der Waals surface area contributed by atoms with Crippen LogP contribution in [0.4, 0.5) is 5.82 Å². The van der Waals surface area contributed by atoms with Gasteiger partial charge in [0.2, 0.25) is 0 Å². The Morgan fingerprint density at radius 2 is 2.14 bits per heavy atom. The Morgan fingerprint density at radius 3 is 2.90 bits per heavy atom.